The predicted molar refractivity (Wildman–Crippen MR) is 86.7 cm³/mol. The van der Waals surface area contributed by atoms with Gasteiger partial charge in [-0.15, -0.1) is 0 Å². The van der Waals surface area contributed by atoms with Crippen LogP contribution in [0.2, 0.25) is 0 Å². The smallest absolute Gasteiger partial charge is 0.222 e. The fourth-order valence-corrected chi connectivity index (χ4v) is 1.93. The molecule has 0 aliphatic carbocycles. The van der Waals surface area contributed by atoms with Crippen LogP contribution in [-0.2, 0) is 6.54 Å². The predicted octanol–water partition coefficient (Wildman–Crippen LogP) is 3.28. The van der Waals surface area contributed by atoms with Gasteiger partial charge in [0, 0.05) is 37.3 Å². The maximum absolute atomic E-state index is 5.70. The highest BCUT2D eigenvalue weighted by molar-refractivity contribution is 5.35. The first-order valence-corrected chi connectivity index (χ1v) is 7.11. The van der Waals surface area contributed by atoms with Gasteiger partial charge >= 0.3 is 0 Å². The number of rotatable bonds is 6. The van der Waals surface area contributed by atoms with Gasteiger partial charge < -0.3 is 14.8 Å². The third kappa shape index (κ3) is 4.16. The quantitative estimate of drug-likeness (QED) is 0.753. The zero-order valence-electron chi connectivity index (χ0n) is 12.6. The van der Waals surface area contributed by atoms with Crippen LogP contribution in [0.3, 0.4) is 0 Å². The van der Waals surface area contributed by atoms with Crippen molar-refractivity contribution in [2.24, 2.45) is 0 Å². The molecule has 0 aliphatic heterocycles. The van der Waals surface area contributed by atoms with Crippen molar-refractivity contribution >= 4 is 5.95 Å². The number of anilines is 1. The maximum atomic E-state index is 5.70. The summed E-state index contributed by atoms with van der Waals surface area (Å²) in [4.78, 5) is 12.5. The number of hydrogen-bond donors (Lipinski definition) is 1. The van der Waals surface area contributed by atoms with Gasteiger partial charge in [0.1, 0.15) is 11.5 Å². The van der Waals surface area contributed by atoms with Crippen molar-refractivity contribution in [2.75, 3.05) is 12.4 Å². The fraction of sp³-hybridized carbons (Fsp3) is 0.118. The Balaban J connectivity index is 1.60. The molecule has 0 bridgehead atoms. The number of hydrogen-bond acceptors (Lipinski definition) is 6. The van der Waals surface area contributed by atoms with Gasteiger partial charge in [-0.05, 0) is 23.8 Å². The van der Waals surface area contributed by atoms with Gasteiger partial charge in [-0.1, -0.05) is 12.1 Å². The SMILES string of the molecule is COc1cccc(Oc2ccc(CNc3ncccn3)cn2)c1. The van der Waals surface area contributed by atoms with E-state index in [9.17, 15) is 0 Å². The number of aromatic nitrogens is 3. The van der Waals surface area contributed by atoms with Gasteiger partial charge in [0.05, 0.1) is 7.11 Å². The number of pyridine rings is 1. The highest BCUT2D eigenvalue weighted by Gasteiger charge is 2.02. The minimum Gasteiger partial charge on any atom is -0.497 e. The zero-order chi connectivity index (χ0) is 15.9. The second-order valence-corrected chi connectivity index (χ2v) is 4.71. The molecule has 1 aromatic carbocycles. The Morgan fingerprint density at radius 2 is 1.78 bits per heavy atom. The minimum absolute atomic E-state index is 0.526. The van der Waals surface area contributed by atoms with E-state index in [-0.39, 0.29) is 0 Å². The van der Waals surface area contributed by atoms with Crippen molar-refractivity contribution in [3.8, 4) is 17.4 Å². The van der Waals surface area contributed by atoms with Crippen LogP contribution in [0.1, 0.15) is 5.56 Å². The molecule has 3 aromatic rings. The fourth-order valence-electron chi connectivity index (χ4n) is 1.93. The van der Waals surface area contributed by atoms with Crippen LogP contribution in [0, 0.1) is 0 Å². The normalized spacial score (nSPS) is 10.1. The first kappa shape index (κ1) is 14.8. The van der Waals surface area contributed by atoms with E-state index in [0.29, 0.717) is 24.1 Å². The standard InChI is InChI=1S/C17H16N4O2/c1-22-14-4-2-5-15(10-14)23-16-7-6-13(11-20-16)12-21-17-18-8-3-9-19-17/h2-11H,12H2,1H3,(H,18,19,21). The van der Waals surface area contributed by atoms with E-state index in [2.05, 4.69) is 20.3 Å². The van der Waals surface area contributed by atoms with Crippen LogP contribution in [0.5, 0.6) is 17.4 Å². The van der Waals surface area contributed by atoms with E-state index in [4.69, 9.17) is 9.47 Å². The van der Waals surface area contributed by atoms with E-state index in [1.807, 2.05) is 36.4 Å². The Bertz CT molecular complexity index is 748. The first-order chi connectivity index (χ1) is 11.3. The van der Waals surface area contributed by atoms with Crippen molar-refractivity contribution in [1.29, 1.82) is 0 Å². The van der Waals surface area contributed by atoms with E-state index < -0.39 is 0 Å². The molecule has 116 valence electrons. The lowest BCUT2D eigenvalue weighted by molar-refractivity contribution is 0.407. The Morgan fingerprint density at radius 3 is 2.52 bits per heavy atom. The molecule has 6 heteroatoms. The van der Waals surface area contributed by atoms with Crippen molar-refractivity contribution in [3.63, 3.8) is 0 Å². The third-order valence-corrected chi connectivity index (χ3v) is 3.08. The summed E-state index contributed by atoms with van der Waals surface area (Å²) in [6.45, 7) is 0.594. The molecule has 23 heavy (non-hydrogen) atoms. The van der Waals surface area contributed by atoms with Gasteiger partial charge in [0.15, 0.2) is 0 Å². The van der Waals surface area contributed by atoms with Gasteiger partial charge in [-0.25, -0.2) is 15.0 Å². The van der Waals surface area contributed by atoms with Crippen molar-refractivity contribution in [3.05, 3.63) is 66.6 Å². The summed E-state index contributed by atoms with van der Waals surface area (Å²) in [5.74, 6) is 2.54. The molecular weight excluding hydrogens is 292 g/mol. The topological polar surface area (TPSA) is 69.2 Å². The van der Waals surface area contributed by atoms with E-state index in [0.717, 1.165) is 11.3 Å². The molecule has 2 aromatic heterocycles. The summed E-state index contributed by atoms with van der Waals surface area (Å²) in [5, 5.41) is 3.13. The summed E-state index contributed by atoms with van der Waals surface area (Å²) in [5.41, 5.74) is 1.01. The molecule has 0 aliphatic rings. The highest BCUT2D eigenvalue weighted by atomic mass is 16.5. The number of nitrogens with one attached hydrogen (secondary N) is 1. The van der Waals surface area contributed by atoms with Crippen LogP contribution >= 0.6 is 0 Å². The lowest BCUT2D eigenvalue weighted by Crippen LogP contribution is -2.03. The van der Waals surface area contributed by atoms with Gasteiger partial charge in [-0.3, -0.25) is 0 Å². The van der Waals surface area contributed by atoms with Gasteiger partial charge in [0.2, 0.25) is 11.8 Å². The molecule has 0 saturated heterocycles. The minimum atomic E-state index is 0.526. The lowest BCUT2D eigenvalue weighted by Gasteiger charge is -2.08. The molecule has 0 amide bonds. The molecule has 1 N–H and O–H groups in total. The summed E-state index contributed by atoms with van der Waals surface area (Å²) >= 11 is 0. The average molecular weight is 308 g/mol. The highest BCUT2D eigenvalue weighted by Crippen LogP contribution is 2.23. The van der Waals surface area contributed by atoms with Crippen LogP contribution in [-0.4, -0.2) is 22.1 Å². The number of methoxy groups -OCH3 is 1. The summed E-state index contributed by atoms with van der Waals surface area (Å²) in [6.07, 6.45) is 5.14. The summed E-state index contributed by atoms with van der Waals surface area (Å²) in [7, 11) is 1.62. The Kier molecular flexibility index (Phi) is 4.63. The molecule has 3 rings (SSSR count). The number of benzene rings is 1. The van der Waals surface area contributed by atoms with Crippen molar-refractivity contribution in [1.82, 2.24) is 15.0 Å². The summed E-state index contributed by atoms with van der Waals surface area (Å²) < 4.78 is 10.9. The molecule has 0 fully saturated rings. The van der Waals surface area contributed by atoms with Gasteiger partial charge in [0.25, 0.3) is 0 Å². The Labute approximate surface area is 134 Å². The first-order valence-electron chi connectivity index (χ1n) is 7.11. The van der Waals surface area contributed by atoms with Crippen LogP contribution < -0.4 is 14.8 Å². The Morgan fingerprint density at radius 1 is 0.957 bits per heavy atom. The molecule has 0 unspecified atom stereocenters. The molecule has 2 heterocycles. The van der Waals surface area contributed by atoms with Crippen molar-refractivity contribution in [2.45, 2.75) is 6.54 Å². The van der Waals surface area contributed by atoms with E-state index in [1.165, 1.54) is 0 Å². The van der Waals surface area contributed by atoms with Gasteiger partial charge in [-0.2, -0.15) is 0 Å². The van der Waals surface area contributed by atoms with Crippen LogP contribution in [0.4, 0.5) is 5.95 Å². The largest absolute Gasteiger partial charge is 0.497 e. The monoisotopic (exact) mass is 308 g/mol. The second-order valence-electron chi connectivity index (χ2n) is 4.71. The number of ether oxygens (including phenoxy) is 2. The molecule has 0 atom stereocenters. The zero-order valence-corrected chi connectivity index (χ0v) is 12.6. The second kappa shape index (κ2) is 7.22. The van der Waals surface area contributed by atoms with E-state index in [1.54, 1.807) is 31.8 Å². The molecule has 0 radical (unpaired) electrons. The third-order valence-electron chi connectivity index (χ3n) is 3.08. The average Bonchev–Trinajstić information content (AvgIpc) is 2.62. The molecule has 0 spiro atoms. The van der Waals surface area contributed by atoms with Crippen molar-refractivity contribution < 1.29 is 9.47 Å². The molecular formula is C17H16N4O2. The van der Waals surface area contributed by atoms with E-state index >= 15 is 0 Å². The summed E-state index contributed by atoms with van der Waals surface area (Å²) in [6, 6.07) is 12.9. The number of nitrogens with zero attached hydrogens (tertiary/aromatic N) is 3. The van der Waals surface area contributed by atoms with Crippen LogP contribution in [0.15, 0.2) is 61.1 Å². The molecule has 6 nitrogen and oxygen atoms in total. The Hall–Kier alpha value is -3.15. The molecule has 0 saturated carbocycles. The maximum Gasteiger partial charge on any atom is 0.222 e. The van der Waals surface area contributed by atoms with Crippen LogP contribution in [0.25, 0.3) is 0 Å². The lowest BCUT2D eigenvalue weighted by atomic mass is 10.3.